The minimum atomic E-state index is 0.164. The number of aryl methyl sites for hydroxylation is 2. The minimum Gasteiger partial charge on any atom is -0.382 e. The Balaban J connectivity index is 2.49. The molecule has 0 spiro atoms. The summed E-state index contributed by atoms with van der Waals surface area (Å²) in [5, 5.41) is 4.43. The number of hydrogen-bond donors (Lipinski definition) is 0. The van der Waals surface area contributed by atoms with E-state index in [2.05, 4.69) is 5.10 Å². The average Bonchev–Trinajstić information content (AvgIpc) is 2.68. The predicted molar refractivity (Wildman–Crippen MR) is 73.6 cm³/mol. The average molecular weight is 268 g/mol. The highest BCUT2D eigenvalue weighted by Gasteiger charge is 2.16. The molecule has 0 aliphatic rings. The lowest BCUT2D eigenvalue weighted by Gasteiger charge is -2.06. The molecular weight excluding hydrogens is 244 g/mol. The quantitative estimate of drug-likeness (QED) is 0.508. The van der Waals surface area contributed by atoms with E-state index in [1.54, 1.807) is 7.11 Å². The second kappa shape index (κ2) is 8.07. The molecule has 5 heteroatoms. The minimum absolute atomic E-state index is 0.164. The molecule has 1 rings (SSSR count). The van der Waals surface area contributed by atoms with Gasteiger partial charge in [0.1, 0.15) is 0 Å². The number of rotatable bonds is 9. The maximum absolute atomic E-state index is 11.8. The van der Waals surface area contributed by atoms with Crippen LogP contribution >= 0.6 is 0 Å². The Bertz CT molecular complexity index is 413. The zero-order valence-electron chi connectivity index (χ0n) is 12.4. The van der Waals surface area contributed by atoms with Gasteiger partial charge in [0.25, 0.3) is 0 Å². The molecule has 0 amide bonds. The van der Waals surface area contributed by atoms with Gasteiger partial charge in [0, 0.05) is 32.4 Å². The van der Waals surface area contributed by atoms with Crippen LogP contribution in [0.5, 0.6) is 0 Å². The number of methoxy groups -OCH3 is 1. The first kappa shape index (κ1) is 15.9. The molecule has 0 aromatic carbocycles. The standard InChI is InChI=1S/C14H24N2O3/c1-5-13(17)14-11(2)15-16(12(14)3)7-6-8-19-10-9-18-4/h5-10H2,1-4H3. The van der Waals surface area contributed by atoms with Gasteiger partial charge < -0.3 is 9.47 Å². The lowest BCUT2D eigenvalue weighted by atomic mass is 10.1. The van der Waals surface area contributed by atoms with Gasteiger partial charge in [0.2, 0.25) is 0 Å². The monoisotopic (exact) mass is 268 g/mol. The van der Waals surface area contributed by atoms with Crippen LogP contribution in [0.3, 0.4) is 0 Å². The van der Waals surface area contributed by atoms with E-state index in [4.69, 9.17) is 9.47 Å². The van der Waals surface area contributed by atoms with Crippen molar-refractivity contribution in [3.63, 3.8) is 0 Å². The Morgan fingerprint density at radius 1 is 1.26 bits per heavy atom. The maximum Gasteiger partial charge on any atom is 0.166 e. The van der Waals surface area contributed by atoms with Gasteiger partial charge in [-0.15, -0.1) is 0 Å². The van der Waals surface area contributed by atoms with Crippen LogP contribution in [0.25, 0.3) is 0 Å². The molecule has 0 aliphatic heterocycles. The van der Waals surface area contributed by atoms with E-state index in [0.29, 0.717) is 26.2 Å². The fourth-order valence-electron chi connectivity index (χ4n) is 2.06. The third-order valence-corrected chi connectivity index (χ3v) is 3.07. The molecule has 0 bridgehead atoms. The Hall–Kier alpha value is -1.20. The van der Waals surface area contributed by atoms with Crippen LogP contribution in [-0.4, -0.2) is 42.5 Å². The van der Waals surface area contributed by atoms with Crippen LogP contribution in [0.15, 0.2) is 0 Å². The summed E-state index contributed by atoms with van der Waals surface area (Å²) in [5.74, 6) is 0.164. The first-order valence-corrected chi connectivity index (χ1v) is 6.75. The van der Waals surface area contributed by atoms with Crippen molar-refractivity contribution in [3.8, 4) is 0 Å². The van der Waals surface area contributed by atoms with Crippen molar-refractivity contribution in [2.75, 3.05) is 26.9 Å². The molecule has 0 N–H and O–H groups in total. The summed E-state index contributed by atoms with van der Waals surface area (Å²) in [4.78, 5) is 11.8. The van der Waals surface area contributed by atoms with Crippen molar-refractivity contribution in [1.29, 1.82) is 0 Å². The molecule has 1 aromatic heterocycles. The Morgan fingerprint density at radius 2 is 2.00 bits per heavy atom. The van der Waals surface area contributed by atoms with Crippen molar-refractivity contribution in [2.24, 2.45) is 0 Å². The lowest BCUT2D eigenvalue weighted by molar-refractivity contribution is 0.0676. The number of carbonyl (C=O) groups is 1. The summed E-state index contributed by atoms with van der Waals surface area (Å²) in [7, 11) is 1.66. The summed E-state index contributed by atoms with van der Waals surface area (Å²) in [6.45, 7) is 8.41. The van der Waals surface area contributed by atoms with Crippen molar-refractivity contribution >= 4 is 5.78 Å². The van der Waals surface area contributed by atoms with Crippen LogP contribution in [-0.2, 0) is 16.0 Å². The third kappa shape index (κ3) is 4.44. The normalized spacial score (nSPS) is 10.9. The Labute approximate surface area is 114 Å². The summed E-state index contributed by atoms with van der Waals surface area (Å²) in [6.07, 6.45) is 1.40. The van der Waals surface area contributed by atoms with Crippen molar-refractivity contribution in [2.45, 2.75) is 40.2 Å². The second-order valence-corrected chi connectivity index (χ2v) is 4.50. The number of Topliss-reactive ketones (excluding diaryl/α,β-unsaturated/α-hetero) is 1. The first-order chi connectivity index (χ1) is 9.11. The molecule has 108 valence electrons. The number of aromatic nitrogens is 2. The number of nitrogens with zero attached hydrogens (tertiary/aromatic N) is 2. The van der Waals surface area contributed by atoms with Crippen molar-refractivity contribution in [1.82, 2.24) is 9.78 Å². The predicted octanol–water partition coefficient (Wildman–Crippen LogP) is 2.15. The van der Waals surface area contributed by atoms with Crippen molar-refractivity contribution < 1.29 is 14.3 Å². The summed E-state index contributed by atoms with van der Waals surface area (Å²) in [6, 6.07) is 0. The number of ether oxygens (including phenoxy) is 2. The highest BCUT2D eigenvalue weighted by Crippen LogP contribution is 2.15. The van der Waals surface area contributed by atoms with E-state index in [0.717, 1.165) is 29.9 Å². The van der Waals surface area contributed by atoms with Crippen molar-refractivity contribution in [3.05, 3.63) is 17.0 Å². The van der Waals surface area contributed by atoms with Gasteiger partial charge in [-0.3, -0.25) is 9.48 Å². The molecule has 0 fully saturated rings. The zero-order chi connectivity index (χ0) is 14.3. The van der Waals surface area contributed by atoms with Crippen LogP contribution in [0.1, 0.15) is 41.5 Å². The summed E-state index contributed by atoms with van der Waals surface area (Å²) >= 11 is 0. The summed E-state index contributed by atoms with van der Waals surface area (Å²) in [5.41, 5.74) is 2.56. The highest BCUT2D eigenvalue weighted by molar-refractivity contribution is 5.97. The lowest BCUT2D eigenvalue weighted by Crippen LogP contribution is -2.09. The molecule has 1 aromatic rings. The Morgan fingerprint density at radius 3 is 2.63 bits per heavy atom. The molecule has 0 saturated heterocycles. The van der Waals surface area contributed by atoms with E-state index >= 15 is 0 Å². The maximum atomic E-state index is 11.8. The van der Waals surface area contributed by atoms with Gasteiger partial charge in [0.15, 0.2) is 5.78 Å². The van der Waals surface area contributed by atoms with Gasteiger partial charge in [-0.2, -0.15) is 5.10 Å². The molecule has 0 aliphatic carbocycles. The van der Waals surface area contributed by atoms with E-state index in [1.165, 1.54) is 0 Å². The highest BCUT2D eigenvalue weighted by atomic mass is 16.5. The topological polar surface area (TPSA) is 53.4 Å². The molecule has 0 saturated carbocycles. The molecular formula is C14H24N2O3. The van der Waals surface area contributed by atoms with E-state index < -0.39 is 0 Å². The zero-order valence-corrected chi connectivity index (χ0v) is 12.4. The second-order valence-electron chi connectivity index (χ2n) is 4.50. The molecule has 19 heavy (non-hydrogen) atoms. The fraction of sp³-hybridized carbons (Fsp3) is 0.714. The van der Waals surface area contributed by atoms with Crippen LogP contribution in [0, 0.1) is 13.8 Å². The van der Waals surface area contributed by atoms with Gasteiger partial charge in [-0.1, -0.05) is 6.92 Å². The van der Waals surface area contributed by atoms with Gasteiger partial charge in [-0.05, 0) is 20.3 Å². The number of hydrogen-bond acceptors (Lipinski definition) is 4. The number of carbonyl (C=O) groups excluding carboxylic acids is 1. The van der Waals surface area contributed by atoms with Crippen LogP contribution in [0.4, 0.5) is 0 Å². The summed E-state index contributed by atoms with van der Waals surface area (Å²) < 4.78 is 12.2. The van der Waals surface area contributed by atoms with Gasteiger partial charge >= 0.3 is 0 Å². The molecule has 0 radical (unpaired) electrons. The van der Waals surface area contributed by atoms with E-state index in [-0.39, 0.29) is 5.78 Å². The van der Waals surface area contributed by atoms with Crippen LogP contribution in [0.2, 0.25) is 0 Å². The number of ketones is 1. The van der Waals surface area contributed by atoms with E-state index in [9.17, 15) is 4.79 Å². The SMILES string of the molecule is CCC(=O)c1c(C)nn(CCCOCCOC)c1C. The van der Waals surface area contributed by atoms with E-state index in [1.807, 2.05) is 25.5 Å². The molecule has 0 atom stereocenters. The Kier molecular flexibility index (Phi) is 6.73. The van der Waals surface area contributed by atoms with Gasteiger partial charge in [0.05, 0.1) is 24.5 Å². The molecule has 1 heterocycles. The third-order valence-electron chi connectivity index (χ3n) is 3.07. The largest absolute Gasteiger partial charge is 0.382 e. The fourth-order valence-corrected chi connectivity index (χ4v) is 2.06. The first-order valence-electron chi connectivity index (χ1n) is 6.75. The van der Waals surface area contributed by atoms with Crippen LogP contribution < -0.4 is 0 Å². The molecule has 5 nitrogen and oxygen atoms in total. The smallest absolute Gasteiger partial charge is 0.166 e. The molecule has 0 unspecified atom stereocenters. The van der Waals surface area contributed by atoms with Gasteiger partial charge in [-0.25, -0.2) is 0 Å².